The summed E-state index contributed by atoms with van der Waals surface area (Å²) >= 11 is 0. The van der Waals surface area contributed by atoms with Gasteiger partial charge >= 0.3 is 7.60 Å². The van der Waals surface area contributed by atoms with E-state index in [0.717, 1.165) is 25.0 Å². The van der Waals surface area contributed by atoms with Crippen molar-refractivity contribution in [2.45, 2.75) is 19.8 Å². The molecule has 11 heteroatoms. The Bertz CT molecular complexity index is 1210. The van der Waals surface area contributed by atoms with E-state index in [4.69, 9.17) is 23.7 Å². The van der Waals surface area contributed by atoms with Crippen LogP contribution in [0.25, 0.3) is 22.3 Å². The van der Waals surface area contributed by atoms with Gasteiger partial charge in [0.15, 0.2) is 23.6 Å². The molecule has 0 bridgehead atoms. The lowest BCUT2D eigenvalue weighted by molar-refractivity contribution is 0.292. The maximum absolute atomic E-state index is 12.6. The van der Waals surface area contributed by atoms with Crippen LogP contribution in [0.1, 0.15) is 19.8 Å². The van der Waals surface area contributed by atoms with E-state index in [1.165, 1.54) is 18.2 Å². The zero-order valence-electron chi connectivity index (χ0n) is 16.4. The summed E-state index contributed by atoms with van der Waals surface area (Å²) in [7, 11) is -4.51. The van der Waals surface area contributed by atoms with Gasteiger partial charge in [-0.25, -0.2) is 0 Å². The van der Waals surface area contributed by atoms with E-state index in [-0.39, 0.29) is 33.8 Å². The average Bonchev–Trinajstić information content (AvgIpc) is 2.69. The van der Waals surface area contributed by atoms with E-state index in [0.29, 0.717) is 6.61 Å². The topological polar surface area (TPSA) is 167 Å². The molecule has 5 N–H and O–H groups in total. The molecule has 1 aromatic heterocycles. The van der Waals surface area contributed by atoms with Gasteiger partial charge in [-0.15, -0.1) is 0 Å². The van der Waals surface area contributed by atoms with Gasteiger partial charge in [0, 0.05) is 17.7 Å². The third kappa shape index (κ3) is 5.11. The Morgan fingerprint density at radius 3 is 2.45 bits per heavy atom. The lowest BCUT2D eigenvalue weighted by atomic mass is 10.1. The highest BCUT2D eigenvalue weighted by molar-refractivity contribution is 7.51. The van der Waals surface area contributed by atoms with Crippen molar-refractivity contribution >= 4 is 18.6 Å². The summed E-state index contributed by atoms with van der Waals surface area (Å²) in [5.74, 6) is -1.94. The summed E-state index contributed by atoms with van der Waals surface area (Å²) in [5, 5.41) is 30.2. The third-order valence-electron chi connectivity index (χ3n) is 4.30. The molecule has 2 aromatic carbocycles. The number of fused-ring (bicyclic) bond motifs is 1. The number of phenols is 2. The summed E-state index contributed by atoms with van der Waals surface area (Å²) < 4.78 is 27.2. The average molecular weight is 452 g/mol. The minimum Gasteiger partial charge on any atom is -0.507 e. The van der Waals surface area contributed by atoms with Gasteiger partial charge in [0.05, 0.1) is 6.61 Å². The van der Waals surface area contributed by atoms with Gasteiger partial charge in [-0.1, -0.05) is 13.3 Å². The number of hydrogen-bond acceptors (Lipinski definition) is 8. The number of ether oxygens (including phenoxy) is 2. The Hall–Kier alpha value is -3.20. The van der Waals surface area contributed by atoms with Crippen molar-refractivity contribution in [3.05, 3.63) is 40.6 Å². The van der Waals surface area contributed by atoms with Crippen molar-refractivity contribution in [3.63, 3.8) is 0 Å². The summed E-state index contributed by atoms with van der Waals surface area (Å²) in [6.07, 6.45) is 0.707. The predicted octanol–water partition coefficient (Wildman–Crippen LogP) is 3.27. The molecule has 31 heavy (non-hydrogen) atoms. The Morgan fingerprint density at radius 1 is 1.03 bits per heavy atom. The first-order valence-electron chi connectivity index (χ1n) is 9.27. The minimum atomic E-state index is -4.51. The molecule has 0 radical (unpaired) electrons. The second-order valence-electron chi connectivity index (χ2n) is 6.75. The van der Waals surface area contributed by atoms with Crippen molar-refractivity contribution < 1.29 is 43.6 Å². The van der Waals surface area contributed by atoms with Crippen LogP contribution in [0.5, 0.6) is 28.7 Å². The highest BCUT2D eigenvalue weighted by Crippen LogP contribution is 2.40. The van der Waals surface area contributed by atoms with Gasteiger partial charge in [-0.3, -0.25) is 9.36 Å². The van der Waals surface area contributed by atoms with Crippen LogP contribution in [0.3, 0.4) is 0 Å². The van der Waals surface area contributed by atoms with E-state index in [2.05, 4.69) is 0 Å². The van der Waals surface area contributed by atoms with Gasteiger partial charge in [0.2, 0.25) is 11.2 Å². The zero-order valence-corrected chi connectivity index (χ0v) is 17.3. The Labute approximate surface area is 176 Å². The monoisotopic (exact) mass is 452 g/mol. The number of rotatable bonds is 8. The van der Waals surface area contributed by atoms with Crippen LogP contribution < -0.4 is 14.9 Å². The van der Waals surface area contributed by atoms with Crippen molar-refractivity contribution in [3.8, 4) is 40.1 Å². The molecule has 0 amide bonds. The predicted molar refractivity (Wildman–Crippen MR) is 111 cm³/mol. The molecule has 0 aliphatic carbocycles. The normalized spacial score (nSPS) is 11.6. The summed E-state index contributed by atoms with van der Waals surface area (Å²) in [5.41, 5.74) is -0.846. The van der Waals surface area contributed by atoms with E-state index in [1.807, 2.05) is 6.92 Å². The molecule has 0 fully saturated rings. The molecule has 0 spiro atoms. The van der Waals surface area contributed by atoms with E-state index < -0.39 is 36.6 Å². The molecule has 10 nitrogen and oxygen atoms in total. The van der Waals surface area contributed by atoms with Gasteiger partial charge in [-0.2, -0.15) is 0 Å². The molecule has 166 valence electrons. The van der Waals surface area contributed by atoms with Gasteiger partial charge in [-0.05, 0) is 24.6 Å². The number of hydrogen-bond donors (Lipinski definition) is 5. The van der Waals surface area contributed by atoms with Crippen LogP contribution in [0.2, 0.25) is 0 Å². The second kappa shape index (κ2) is 8.89. The molecule has 0 aliphatic rings. The first-order chi connectivity index (χ1) is 14.6. The quantitative estimate of drug-likeness (QED) is 0.253. The Balaban J connectivity index is 2.08. The molecule has 3 rings (SSSR count). The fourth-order valence-corrected chi connectivity index (χ4v) is 3.11. The minimum absolute atomic E-state index is 0.0462. The maximum atomic E-state index is 12.6. The van der Waals surface area contributed by atoms with E-state index in [1.54, 1.807) is 0 Å². The van der Waals surface area contributed by atoms with Crippen LogP contribution in [0, 0.1) is 0 Å². The SMILES string of the molecule is CCCCOc1cc(O)c2c(=O)c(O)c(-c3ccc(O)c(OCP(=O)(O)O)c3)oc2c1. The molecule has 0 aliphatic heterocycles. The number of unbranched alkanes of at least 4 members (excludes halogenated alkanes) is 1. The maximum Gasteiger partial charge on any atom is 0.362 e. The van der Waals surface area contributed by atoms with Gasteiger partial charge in [0.1, 0.15) is 22.5 Å². The number of benzene rings is 2. The zero-order chi connectivity index (χ0) is 22.8. The summed E-state index contributed by atoms with van der Waals surface area (Å²) in [4.78, 5) is 30.5. The van der Waals surface area contributed by atoms with Crippen LogP contribution in [0.15, 0.2) is 39.5 Å². The van der Waals surface area contributed by atoms with Gasteiger partial charge in [0.25, 0.3) is 0 Å². The summed E-state index contributed by atoms with van der Waals surface area (Å²) in [6, 6.07) is 6.26. The van der Waals surface area contributed by atoms with Crippen LogP contribution in [-0.2, 0) is 4.57 Å². The van der Waals surface area contributed by atoms with Crippen molar-refractivity contribution in [2.24, 2.45) is 0 Å². The van der Waals surface area contributed by atoms with E-state index in [9.17, 15) is 24.7 Å². The summed E-state index contributed by atoms with van der Waals surface area (Å²) in [6.45, 7) is 2.39. The highest BCUT2D eigenvalue weighted by atomic mass is 31.2. The number of aromatic hydroxyl groups is 3. The fourth-order valence-electron chi connectivity index (χ4n) is 2.80. The fraction of sp³-hybridized carbons (Fsp3) is 0.250. The van der Waals surface area contributed by atoms with Crippen LogP contribution in [-0.4, -0.2) is 38.1 Å². The first kappa shape index (κ1) is 22.5. The second-order valence-corrected chi connectivity index (χ2v) is 8.33. The van der Waals surface area contributed by atoms with Crippen molar-refractivity contribution in [1.82, 2.24) is 0 Å². The van der Waals surface area contributed by atoms with Gasteiger partial charge < -0.3 is 39.0 Å². The first-order valence-corrected chi connectivity index (χ1v) is 11.1. The molecule has 0 saturated heterocycles. The lowest BCUT2D eigenvalue weighted by Crippen LogP contribution is -2.04. The largest absolute Gasteiger partial charge is 0.507 e. The van der Waals surface area contributed by atoms with Crippen LogP contribution in [0.4, 0.5) is 0 Å². The number of phenolic OH excluding ortho intramolecular Hbond substituents is 2. The molecule has 1 heterocycles. The van der Waals surface area contributed by atoms with Crippen LogP contribution >= 0.6 is 7.60 Å². The molecule has 0 saturated carbocycles. The van der Waals surface area contributed by atoms with E-state index >= 15 is 0 Å². The smallest absolute Gasteiger partial charge is 0.362 e. The molecule has 0 atom stereocenters. The van der Waals surface area contributed by atoms with Crippen molar-refractivity contribution in [2.75, 3.05) is 13.0 Å². The Kier molecular flexibility index (Phi) is 6.45. The molecule has 3 aromatic rings. The molecular weight excluding hydrogens is 431 g/mol. The standard InChI is InChI=1S/C20H21O10P/c1-2-3-6-28-12-8-14(22)17-16(9-12)30-20(19(24)18(17)23)11-4-5-13(21)15(7-11)29-10-31(25,26)27/h4-5,7-9,21-22,24H,2-3,6,10H2,1H3,(H2,25,26,27). The molecule has 0 unspecified atom stereocenters. The van der Waals surface area contributed by atoms with Crippen molar-refractivity contribution in [1.29, 1.82) is 0 Å². The highest BCUT2D eigenvalue weighted by Gasteiger charge is 2.21. The lowest BCUT2D eigenvalue weighted by Gasteiger charge is -2.12. The third-order valence-corrected chi connectivity index (χ3v) is 4.77. The molecular formula is C20H21O10P. The Morgan fingerprint density at radius 2 is 1.77 bits per heavy atom.